The molecule has 0 atom stereocenters. The summed E-state index contributed by atoms with van der Waals surface area (Å²) in [5, 5.41) is 0. The van der Waals surface area contributed by atoms with E-state index in [0.29, 0.717) is 13.1 Å². The highest BCUT2D eigenvalue weighted by Crippen LogP contribution is 2.28. The van der Waals surface area contributed by atoms with Crippen molar-refractivity contribution < 1.29 is 22.4 Å². The molecule has 1 saturated heterocycles. The van der Waals surface area contributed by atoms with E-state index >= 15 is 0 Å². The number of benzene rings is 1. The van der Waals surface area contributed by atoms with Crippen LogP contribution in [0.15, 0.2) is 41.4 Å². The molecular weight excluding hydrogens is 385 g/mol. The summed E-state index contributed by atoms with van der Waals surface area (Å²) in [6.07, 6.45) is 3.85. The molecule has 7 nitrogen and oxygen atoms in total. The molecule has 0 radical (unpaired) electrons. The van der Waals surface area contributed by atoms with E-state index in [9.17, 15) is 22.4 Å². The van der Waals surface area contributed by atoms with Gasteiger partial charge in [0.15, 0.2) is 0 Å². The number of amides is 2. The zero-order valence-electron chi connectivity index (χ0n) is 15.0. The quantitative estimate of drug-likeness (QED) is 0.731. The number of hydrogen-bond acceptors (Lipinski definition) is 5. The van der Waals surface area contributed by atoms with Crippen molar-refractivity contribution in [2.45, 2.75) is 30.7 Å². The number of rotatable bonds is 4. The van der Waals surface area contributed by atoms with Crippen molar-refractivity contribution in [2.75, 3.05) is 13.1 Å². The molecule has 1 aromatic heterocycles. The van der Waals surface area contributed by atoms with Gasteiger partial charge in [-0.3, -0.25) is 19.5 Å². The molecule has 28 heavy (non-hydrogen) atoms. The van der Waals surface area contributed by atoms with Crippen LogP contribution in [-0.2, 0) is 16.6 Å². The summed E-state index contributed by atoms with van der Waals surface area (Å²) >= 11 is 0. The average molecular weight is 403 g/mol. The van der Waals surface area contributed by atoms with Crippen LogP contribution in [0, 0.1) is 5.82 Å². The maximum atomic E-state index is 13.9. The monoisotopic (exact) mass is 403 g/mol. The van der Waals surface area contributed by atoms with Crippen LogP contribution in [0.4, 0.5) is 4.39 Å². The van der Waals surface area contributed by atoms with Crippen molar-refractivity contribution in [1.82, 2.24) is 14.2 Å². The fourth-order valence-corrected chi connectivity index (χ4v) is 5.31. The van der Waals surface area contributed by atoms with E-state index in [1.54, 1.807) is 6.07 Å². The number of hydrogen-bond donors (Lipinski definition) is 0. The molecule has 1 fully saturated rings. The summed E-state index contributed by atoms with van der Waals surface area (Å²) in [6, 6.07) is 6.44. The van der Waals surface area contributed by atoms with Gasteiger partial charge in [0.2, 0.25) is 10.0 Å². The number of nitrogens with zero attached hydrogens (tertiary/aromatic N) is 3. The number of imide groups is 1. The first kappa shape index (κ1) is 18.7. The predicted molar refractivity (Wildman–Crippen MR) is 97.5 cm³/mol. The Labute approximate surface area is 161 Å². The molecule has 2 aliphatic rings. The standard InChI is InChI=1S/C19H18FN3O4S/c20-14-7-6-13(16(11-14)28(26,27)22-9-2-1-3-10-22)12-23-18(24)15-5-4-8-21-17(15)19(23)25/h4-8,11H,1-3,9-10,12H2. The lowest BCUT2D eigenvalue weighted by Crippen LogP contribution is -2.37. The van der Waals surface area contributed by atoms with Crippen LogP contribution in [0.3, 0.4) is 0 Å². The molecule has 0 spiro atoms. The Bertz CT molecular complexity index is 1030. The molecule has 4 rings (SSSR count). The number of pyridine rings is 1. The third-order valence-electron chi connectivity index (χ3n) is 5.02. The first-order chi connectivity index (χ1) is 13.4. The number of carbonyl (C=O) groups is 2. The first-order valence-electron chi connectivity index (χ1n) is 8.99. The van der Waals surface area contributed by atoms with Crippen LogP contribution in [0.1, 0.15) is 45.7 Å². The van der Waals surface area contributed by atoms with Crippen LogP contribution >= 0.6 is 0 Å². The fraction of sp³-hybridized carbons (Fsp3) is 0.316. The Balaban J connectivity index is 1.70. The van der Waals surface area contributed by atoms with Gasteiger partial charge in [0.05, 0.1) is 17.0 Å². The van der Waals surface area contributed by atoms with Crippen molar-refractivity contribution in [3.63, 3.8) is 0 Å². The zero-order chi connectivity index (χ0) is 19.9. The molecule has 0 bridgehead atoms. The normalized spacial score (nSPS) is 17.8. The van der Waals surface area contributed by atoms with Crippen LogP contribution in [0.25, 0.3) is 0 Å². The Morgan fingerprint density at radius 2 is 1.79 bits per heavy atom. The van der Waals surface area contributed by atoms with Crippen molar-refractivity contribution in [1.29, 1.82) is 0 Å². The molecule has 0 unspecified atom stereocenters. The van der Waals surface area contributed by atoms with Gasteiger partial charge in [0.25, 0.3) is 11.8 Å². The molecule has 3 heterocycles. The van der Waals surface area contributed by atoms with Gasteiger partial charge in [-0.1, -0.05) is 12.5 Å². The van der Waals surface area contributed by atoms with Crippen molar-refractivity contribution in [2.24, 2.45) is 0 Å². The smallest absolute Gasteiger partial charge is 0.268 e. The van der Waals surface area contributed by atoms with E-state index in [1.807, 2.05) is 0 Å². The van der Waals surface area contributed by atoms with Gasteiger partial charge in [-0.05, 0) is 42.7 Å². The van der Waals surface area contributed by atoms with Crippen LogP contribution < -0.4 is 0 Å². The van der Waals surface area contributed by atoms with Gasteiger partial charge in [-0.2, -0.15) is 4.31 Å². The molecule has 0 aliphatic carbocycles. The van der Waals surface area contributed by atoms with Gasteiger partial charge >= 0.3 is 0 Å². The minimum absolute atomic E-state index is 0.0371. The third-order valence-corrected chi connectivity index (χ3v) is 7.00. The van der Waals surface area contributed by atoms with E-state index in [0.717, 1.165) is 36.3 Å². The maximum Gasteiger partial charge on any atom is 0.280 e. The summed E-state index contributed by atoms with van der Waals surface area (Å²) in [4.78, 5) is 29.8. The number of aromatic nitrogens is 1. The second kappa shape index (κ2) is 7.06. The van der Waals surface area contributed by atoms with E-state index in [2.05, 4.69) is 4.98 Å². The molecule has 2 aliphatic heterocycles. The van der Waals surface area contributed by atoms with Gasteiger partial charge < -0.3 is 0 Å². The van der Waals surface area contributed by atoms with Crippen LogP contribution in [0.5, 0.6) is 0 Å². The Morgan fingerprint density at radius 1 is 1.04 bits per heavy atom. The molecule has 2 aromatic rings. The number of fused-ring (bicyclic) bond motifs is 1. The predicted octanol–water partition coefficient (Wildman–Crippen LogP) is 2.19. The van der Waals surface area contributed by atoms with Gasteiger partial charge in [0.1, 0.15) is 11.5 Å². The third kappa shape index (κ3) is 3.10. The lowest BCUT2D eigenvalue weighted by atomic mass is 10.2. The van der Waals surface area contributed by atoms with Gasteiger partial charge in [-0.25, -0.2) is 12.8 Å². The topological polar surface area (TPSA) is 87.6 Å². The Morgan fingerprint density at radius 3 is 2.50 bits per heavy atom. The van der Waals surface area contributed by atoms with Gasteiger partial charge in [0, 0.05) is 19.3 Å². The van der Waals surface area contributed by atoms with Crippen LogP contribution in [-0.4, -0.2) is 47.5 Å². The highest BCUT2D eigenvalue weighted by Gasteiger charge is 2.38. The van der Waals surface area contributed by atoms with Crippen LogP contribution in [0.2, 0.25) is 0 Å². The lowest BCUT2D eigenvalue weighted by Gasteiger charge is -2.27. The number of piperidine rings is 1. The molecule has 0 N–H and O–H groups in total. The molecule has 2 amide bonds. The Hall–Kier alpha value is -2.65. The Kier molecular flexibility index (Phi) is 4.72. The highest BCUT2D eigenvalue weighted by atomic mass is 32.2. The number of halogens is 1. The zero-order valence-corrected chi connectivity index (χ0v) is 15.8. The maximum absolute atomic E-state index is 13.9. The van der Waals surface area contributed by atoms with E-state index < -0.39 is 27.7 Å². The summed E-state index contributed by atoms with van der Waals surface area (Å²) in [6.45, 7) is 0.473. The number of carbonyl (C=O) groups excluding carboxylic acids is 2. The SMILES string of the molecule is O=C1c2cccnc2C(=O)N1Cc1ccc(F)cc1S(=O)(=O)N1CCCCC1. The van der Waals surface area contributed by atoms with E-state index in [1.165, 1.54) is 22.6 Å². The van der Waals surface area contributed by atoms with Crippen molar-refractivity contribution in [3.8, 4) is 0 Å². The summed E-state index contributed by atoms with van der Waals surface area (Å²) in [7, 11) is -3.93. The summed E-state index contributed by atoms with van der Waals surface area (Å²) in [5.74, 6) is -1.83. The lowest BCUT2D eigenvalue weighted by molar-refractivity contribution is 0.0639. The average Bonchev–Trinajstić information content (AvgIpc) is 2.95. The fourth-order valence-electron chi connectivity index (χ4n) is 3.57. The van der Waals surface area contributed by atoms with E-state index in [4.69, 9.17) is 0 Å². The number of sulfonamides is 1. The van der Waals surface area contributed by atoms with Gasteiger partial charge in [-0.15, -0.1) is 0 Å². The minimum Gasteiger partial charge on any atom is -0.268 e. The van der Waals surface area contributed by atoms with Crippen molar-refractivity contribution in [3.05, 3.63) is 59.2 Å². The van der Waals surface area contributed by atoms with E-state index in [-0.39, 0.29) is 28.3 Å². The highest BCUT2D eigenvalue weighted by molar-refractivity contribution is 7.89. The molecule has 1 aromatic carbocycles. The molecule has 9 heteroatoms. The second-order valence-electron chi connectivity index (χ2n) is 6.81. The summed E-state index contributed by atoms with van der Waals surface area (Å²) < 4.78 is 41.4. The first-order valence-corrected chi connectivity index (χ1v) is 10.4. The molecule has 146 valence electrons. The molecule has 0 saturated carbocycles. The second-order valence-corrected chi connectivity index (χ2v) is 8.72. The van der Waals surface area contributed by atoms with Crippen molar-refractivity contribution >= 4 is 21.8 Å². The largest absolute Gasteiger partial charge is 0.280 e. The minimum atomic E-state index is -3.93. The summed E-state index contributed by atoms with van der Waals surface area (Å²) in [5.41, 5.74) is 0.409. The molecular formula is C19H18FN3O4S.